The maximum absolute atomic E-state index is 12.0. The van der Waals surface area contributed by atoms with Crippen LogP contribution in [0, 0.1) is 0 Å². The molecule has 110 valence electrons. The normalized spacial score (nSPS) is 18.9. The van der Waals surface area contributed by atoms with Gasteiger partial charge in [-0.15, -0.1) is 0 Å². The van der Waals surface area contributed by atoms with Gasteiger partial charge in [0, 0.05) is 13.1 Å². The van der Waals surface area contributed by atoms with E-state index in [1.165, 1.54) is 0 Å². The number of esters is 1. The Morgan fingerprint density at radius 3 is 3.10 bits per heavy atom. The van der Waals surface area contributed by atoms with Gasteiger partial charge in [-0.2, -0.15) is 0 Å². The van der Waals surface area contributed by atoms with Crippen molar-refractivity contribution in [1.82, 2.24) is 4.98 Å². The van der Waals surface area contributed by atoms with Crippen LogP contribution in [-0.4, -0.2) is 43.4 Å². The Bertz CT molecular complexity index is 479. The second kappa shape index (κ2) is 6.56. The molecule has 20 heavy (non-hydrogen) atoms. The number of hydrogen-bond acceptors (Lipinski definition) is 6. The third-order valence-electron chi connectivity index (χ3n) is 3.28. The summed E-state index contributed by atoms with van der Waals surface area (Å²) in [5, 5.41) is 0. The van der Waals surface area contributed by atoms with E-state index in [4.69, 9.17) is 15.2 Å². The van der Waals surface area contributed by atoms with Gasteiger partial charge in [0.15, 0.2) is 0 Å². The van der Waals surface area contributed by atoms with Crippen LogP contribution in [0.5, 0.6) is 0 Å². The average Bonchev–Trinajstić information content (AvgIpc) is 2.47. The van der Waals surface area contributed by atoms with Crippen LogP contribution in [0.1, 0.15) is 30.6 Å². The molecule has 0 aliphatic carbocycles. The zero-order chi connectivity index (χ0) is 14.5. The predicted octanol–water partition coefficient (Wildman–Crippen LogP) is 1.46. The zero-order valence-corrected chi connectivity index (χ0v) is 12.0. The molecule has 0 saturated carbocycles. The van der Waals surface area contributed by atoms with Crippen molar-refractivity contribution in [2.45, 2.75) is 26.4 Å². The summed E-state index contributed by atoms with van der Waals surface area (Å²) in [7, 11) is 0. The minimum Gasteiger partial charge on any atom is -0.462 e. The van der Waals surface area contributed by atoms with Gasteiger partial charge in [0.2, 0.25) is 0 Å². The standard InChI is InChI=1S/C14H21N3O3/c1-3-11-9-17(5-6-20-11)13-12(14(18)19-4-2)7-10(15)8-16-13/h7-8,11H,3-6,9,15H2,1-2H3. The number of hydrogen-bond donors (Lipinski definition) is 1. The Labute approximate surface area is 118 Å². The molecular formula is C14H21N3O3. The number of nitrogens with two attached hydrogens (primary N) is 1. The highest BCUT2D eigenvalue weighted by Gasteiger charge is 2.25. The topological polar surface area (TPSA) is 77.7 Å². The van der Waals surface area contributed by atoms with Crippen molar-refractivity contribution >= 4 is 17.5 Å². The van der Waals surface area contributed by atoms with Gasteiger partial charge in [-0.05, 0) is 19.4 Å². The summed E-state index contributed by atoms with van der Waals surface area (Å²) in [6.07, 6.45) is 2.66. The summed E-state index contributed by atoms with van der Waals surface area (Å²) in [6, 6.07) is 1.62. The molecule has 1 aromatic heterocycles. The molecular weight excluding hydrogens is 258 g/mol. The Morgan fingerprint density at radius 2 is 2.40 bits per heavy atom. The van der Waals surface area contributed by atoms with Crippen molar-refractivity contribution in [2.75, 3.05) is 36.9 Å². The molecule has 2 heterocycles. The van der Waals surface area contributed by atoms with Crippen LogP contribution in [0.3, 0.4) is 0 Å². The fraction of sp³-hybridized carbons (Fsp3) is 0.571. The summed E-state index contributed by atoms with van der Waals surface area (Å²) in [4.78, 5) is 18.4. The number of carbonyl (C=O) groups is 1. The van der Waals surface area contributed by atoms with Gasteiger partial charge in [-0.3, -0.25) is 0 Å². The fourth-order valence-electron chi connectivity index (χ4n) is 2.24. The van der Waals surface area contributed by atoms with E-state index in [1.54, 1.807) is 19.2 Å². The summed E-state index contributed by atoms with van der Waals surface area (Å²) in [6.45, 7) is 6.25. The minimum atomic E-state index is -0.387. The number of morpholine rings is 1. The summed E-state index contributed by atoms with van der Waals surface area (Å²) in [5.41, 5.74) is 6.61. The highest BCUT2D eigenvalue weighted by molar-refractivity contribution is 5.95. The molecule has 1 aliphatic heterocycles. The van der Waals surface area contributed by atoms with Crippen molar-refractivity contribution in [3.63, 3.8) is 0 Å². The molecule has 2 rings (SSSR count). The van der Waals surface area contributed by atoms with Crippen LogP contribution in [0.25, 0.3) is 0 Å². The second-order valence-corrected chi connectivity index (χ2v) is 4.71. The van der Waals surface area contributed by atoms with Crippen molar-refractivity contribution in [3.8, 4) is 0 Å². The average molecular weight is 279 g/mol. The molecule has 1 fully saturated rings. The summed E-state index contributed by atoms with van der Waals surface area (Å²) in [5.74, 6) is 0.237. The van der Waals surface area contributed by atoms with E-state index in [1.807, 2.05) is 0 Å². The van der Waals surface area contributed by atoms with Crippen LogP contribution in [0.2, 0.25) is 0 Å². The zero-order valence-electron chi connectivity index (χ0n) is 12.0. The first-order valence-electron chi connectivity index (χ1n) is 6.94. The van der Waals surface area contributed by atoms with Crippen LogP contribution in [0.15, 0.2) is 12.3 Å². The largest absolute Gasteiger partial charge is 0.462 e. The van der Waals surface area contributed by atoms with E-state index in [-0.39, 0.29) is 12.1 Å². The third-order valence-corrected chi connectivity index (χ3v) is 3.28. The number of pyridine rings is 1. The van der Waals surface area contributed by atoms with Crippen molar-refractivity contribution < 1.29 is 14.3 Å². The number of rotatable bonds is 4. The van der Waals surface area contributed by atoms with Gasteiger partial charge < -0.3 is 20.1 Å². The number of carbonyl (C=O) groups excluding carboxylic acids is 1. The Kier molecular flexibility index (Phi) is 4.79. The Balaban J connectivity index is 2.28. The van der Waals surface area contributed by atoms with Gasteiger partial charge in [0.25, 0.3) is 0 Å². The molecule has 0 bridgehead atoms. The first-order valence-corrected chi connectivity index (χ1v) is 6.94. The van der Waals surface area contributed by atoms with E-state index in [9.17, 15) is 4.79 Å². The number of nitrogens with zero attached hydrogens (tertiary/aromatic N) is 2. The maximum atomic E-state index is 12.0. The summed E-state index contributed by atoms with van der Waals surface area (Å²) < 4.78 is 10.7. The third kappa shape index (κ3) is 3.19. The molecule has 0 aromatic carbocycles. The molecule has 1 unspecified atom stereocenters. The molecule has 2 N–H and O–H groups in total. The van der Waals surface area contributed by atoms with Crippen LogP contribution in [-0.2, 0) is 9.47 Å². The molecule has 0 radical (unpaired) electrons. The van der Waals surface area contributed by atoms with Crippen molar-refractivity contribution in [3.05, 3.63) is 17.8 Å². The molecule has 0 spiro atoms. The van der Waals surface area contributed by atoms with Crippen molar-refractivity contribution in [2.24, 2.45) is 0 Å². The number of aromatic nitrogens is 1. The van der Waals surface area contributed by atoms with E-state index >= 15 is 0 Å². The van der Waals surface area contributed by atoms with Crippen LogP contribution >= 0.6 is 0 Å². The van der Waals surface area contributed by atoms with Crippen LogP contribution < -0.4 is 10.6 Å². The number of ether oxygens (including phenoxy) is 2. The van der Waals surface area contributed by atoms with Gasteiger partial charge in [0.05, 0.1) is 31.2 Å². The van der Waals surface area contributed by atoms with Gasteiger partial charge in [-0.25, -0.2) is 9.78 Å². The van der Waals surface area contributed by atoms with E-state index in [2.05, 4.69) is 16.8 Å². The first kappa shape index (κ1) is 14.6. The highest BCUT2D eigenvalue weighted by Crippen LogP contribution is 2.23. The number of anilines is 2. The molecule has 6 heteroatoms. The molecule has 1 atom stereocenters. The lowest BCUT2D eigenvalue weighted by Gasteiger charge is -2.34. The predicted molar refractivity (Wildman–Crippen MR) is 76.8 cm³/mol. The first-order chi connectivity index (χ1) is 9.65. The monoisotopic (exact) mass is 279 g/mol. The quantitative estimate of drug-likeness (QED) is 0.841. The fourth-order valence-corrected chi connectivity index (χ4v) is 2.24. The lowest BCUT2D eigenvalue weighted by atomic mass is 10.1. The molecule has 0 amide bonds. The molecule has 1 saturated heterocycles. The Morgan fingerprint density at radius 1 is 1.60 bits per heavy atom. The highest BCUT2D eigenvalue weighted by atomic mass is 16.5. The van der Waals surface area contributed by atoms with E-state index in [0.717, 1.165) is 13.0 Å². The second-order valence-electron chi connectivity index (χ2n) is 4.71. The van der Waals surface area contributed by atoms with Gasteiger partial charge in [0.1, 0.15) is 11.4 Å². The summed E-state index contributed by atoms with van der Waals surface area (Å²) >= 11 is 0. The molecule has 1 aliphatic rings. The van der Waals surface area contributed by atoms with Crippen molar-refractivity contribution in [1.29, 1.82) is 0 Å². The van der Waals surface area contributed by atoms with Gasteiger partial charge >= 0.3 is 5.97 Å². The van der Waals surface area contributed by atoms with Gasteiger partial charge in [-0.1, -0.05) is 6.92 Å². The van der Waals surface area contributed by atoms with E-state index in [0.29, 0.717) is 36.8 Å². The lowest BCUT2D eigenvalue weighted by molar-refractivity contribution is 0.0376. The smallest absolute Gasteiger partial charge is 0.341 e. The number of nitrogen functional groups attached to an aromatic ring is 1. The molecule has 6 nitrogen and oxygen atoms in total. The molecule has 1 aromatic rings. The SMILES string of the molecule is CCOC(=O)c1cc(N)cnc1N1CCOC(CC)C1. The Hall–Kier alpha value is -1.82. The lowest BCUT2D eigenvalue weighted by Crippen LogP contribution is -2.43. The minimum absolute atomic E-state index is 0.165. The maximum Gasteiger partial charge on any atom is 0.341 e. The van der Waals surface area contributed by atoms with E-state index < -0.39 is 0 Å². The van der Waals surface area contributed by atoms with Crippen LogP contribution in [0.4, 0.5) is 11.5 Å².